The summed E-state index contributed by atoms with van der Waals surface area (Å²) in [5, 5.41) is 4.34. The van der Waals surface area contributed by atoms with Crippen LogP contribution in [0.3, 0.4) is 0 Å². The van der Waals surface area contributed by atoms with Gasteiger partial charge in [-0.3, -0.25) is 0 Å². The summed E-state index contributed by atoms with van der Waals surface area (Å²) in [5.74, 6) is 1.02. The lowest BCUT2D eigenvalue weighted by molar-refractivity contribution is 0.129. The summed E-state index contributed by atoms with van der Waals surface area (Å²) >= 11 is 1.80. The second-order valence-corrected chi connectivity index (χ2v) is 5.42. The maximum Gasteiger partial charge on any atom is 0.0964 e. The molecule has 2 rings (SSSR count). The van der Waals surface area contributed by atoms with Crippen molar-refractivity contribution in [3.63, 3.8) is 0 Å². The van der Waals surface area contributed by atoms with Gasteiger partial charge in [0.1, 0.15) is 0 Å². The standard InChI is InChI=1S/C13H20N2OS/c1-10(14-2)11-5-6-15-13(8-11)17-9-12-4-3-7-16-12/h5-6,8,10,12,14H,3-4,7,9H2,1-2H3. The zero-order valence-corrected chi connectivity index (χ0v) is 11.3. The SMILES string of the molecule is CNC(C)c1ccnc(SCC2CCCO2)c1. The second kappa shape index (κ2) is 6.38. The Morgan fingerprint density at radius 1 is 1.65 bits per heavy atom. The Morgan fingerprint density at radius 3 is 3.24 bits per heavy atom. The summed E-state index contributed by atoms with van der Waals surface area (Å²) in [6, 6.07) is 4.61. The molecule has 0 saturated carbocycles. The van der Waals surface area contributed by atoms with Gasteiger partial charge in [0.2, 0.25) is 0 Å². The van der Waals surface area contributed by atoms with Crippen molar-refractivity contribution in [1.29, 1.82) is 0 Å². The molecule has 1 N–H and O–H groups in total. The monoisotopic (exact) mass is 252 g/mol. The summed E-state index contributed by atoms with van der Waals surface area (Å²) in [6.07, 6.45) is 4.71. The van der Waals surface area contributed by atoms with Crippen LogP contribution in [0.2, 0.25) is 0 Å². The molecular formula is C13H20N2OS. The topological polar surface area (TPSA) is 34.2 Å². The number of nitrogens with zero attached hydrogens (tertiary/aromatic N) is 1. The summed E-state index contributed by atoms with van der Waals surface area (Å²) in [6.45, 7) is 3.08. The highest BCUT2D eigenvalue weighted by molar-refractivity contribution is 7.99. The molecule has 0 spiro atoms. The zero-order valence-electron chi connectivity index (χ0n) is 10.5. The van der Waals surface area contributed by atoms with Crippen LogP contribution in [-0.2, 0) is 4.74 Å². The zero-order chi connectivity index (χ0) is 12.1. The van der Waals surface area contributed by atoms with Crippen LogP contribution in [0.4, 0.5) is 0 Å². The average molecular weight is 252 g/mol. The molecule has 2 atom stereocenters. The molecule has 1 aromatic rings. The Labute approximate surface area is 107 Å². The van der Waals surface area contributed by atoms with Gasteiger partial charge in [-0.05, 0) is 44.5 Å². The summed E-state index contributed by atoms with van der Waals surface area (Å²) in [5.41, 5.74) is 1.29. The summed E-state index contributed by atoms with van der Waals surface area (Å²) < 4.78 is 5.61. The fourth-order valence-corrected chi connectivity index (χ4v) is 2.87. The first kappa shape index (κ1) is 12.9. The Hall–Kier alpha value is -0.580. The molecular weight excluding hydrogens is 232 g/mol. The van der Waals surface area contributed by atoms with E-state index in [0.29, 0.717) is 12.1 Å². The molecule has 1 aliphatic rings. The highest BCUT2D eigenvalue weighted by atomic mass is 32.2. The number of nitrogens with one attached hydrogen (secondary N) is 1. The smallest absolute Gasteiger partial charge is 0.0964 e. The third-order valence-electron chi connectivity index (χ3n) is 3.13. The van der Waals surface area contributed by atoms with Crippen molar-refractivity contribution >= 4 is 11.8 Å². The van der Waals surface area contributed by atoms with E-state index in [1.54, 1.807) is 11.8 Å². The van der Waals surface area contributed by atoms with Gasteiger partial charge >= 0.3 is 0 Å². The lowest BCUT2D eigenvalue weighted by atomic mass is 10.1. The van der Waals surface area contributed by atoms with Crippen molar-refractivity contribution in [2.75, 3.05) is 19.4 Å². The molecule has 4 heteroatoms. The number of hydrogen-bond acceptors (Lipinski definition) is 4. The lowest BCUT2D eigenvalue weighted by Gasteiger charge is -2.12. The van der Waals surface area contributed by atoms with Gasteiger partial charge in [-0.25, -0.2) is 4.98 Å². The lowest BCUT2D eigenvalue weighted by Crippen LogP contribution is -2.12. The molecule has 3 nitrogen and oxygen atoms in total. The van der Waals surface area contributed by atoms with Crippen LogP contribution in [0.25, 0.3) is 0 Å². The van der Waals surface area contributed by atoms with Crippen molar-refractivity contribution in [2.45, 2.75) is 36.9 Å². The van der Waals surface area contributed by atoms with E-state index in [1.807, 2.05) is 13.2 Å². The minimum Gasteiger partial charge on any atom is -0.377 e. The fraction of sp³-hybridized carbons (Fsp3) is 0.615. The van der Waals surface area contributed by atoms with Gasteiger partial charge in [0.15, 0.2) is 0 Å². The summed E-state index contributed by atoms with van der Waals surface area (Å²) in [7, 11) is 1.98. The van der Waals surface area contributed by atoms with E-state index >= 15 is 0 Å². The first-order chi connectivity index (χ1) is 8.29. The molecule has 0 bridgehead atoms. The maximum atomic E-state index is 5.61. The summed E-state index contributed by atoms with van der Waals surface area (Å²) in [4.78, 5) is 4.40. The Bertz CT molecular complexity index is 353. The van der Waals surface area contributed by atoms with E-state index in [2.05, 4.69) is 29.4 Å². The molecule has 2 unspecified atom stereocenters. The Morgan fingerprint density at radius 2 is 2.53 bits per heavy atom. The second-order valence-electron chi connectivity index (χ2n) is 4.38. The number of rotatable bonds is 5. The molecule has 1 saturated heterocycles. The van der Waals surface area contributed by atoms with Gasteiger partial charge in [0, 0.05) is 24.6 Å². The van der Waals surface area contributed by atoms with Gasteiger partial charge in [0.05, 0.1) is 11.1 Å². The van der Waals surface area contributed by atoms with Crippen LogP contribution in [0.5, 0.6) is 0 Å². The number of thioether (sulfide) groups is 1. The predicted octanol–water partition coefficient (Wildman–Crippen LogP) is 2.63. The van der Waals surface area contributed by atoms with Gasteiger partial charge in [0.25, 0.3) is 0 Å². The molecule has 1 aliphatic heterocycles. The van der Waals surface area contributed by atoms with Crippen molar-refractivity contribution in [3.8, 4) is 0 Å². The largest absolute Gasteiger partial charge is 0.377 e. The molecule has 1 aromatic heterocycles. The third kappa shape index (κ3) is 3.69. The number of aromatic nitrogens is 1. The van der Waals surface area contributed by atoms with Gasteiger partial charge < -0.3 is 10.1 Å². The Kier molecular flexibility index (Phi) is 4.83. The molecule has 0 radical (unpaired) electrons. The van der Waals surface area contributed by atoms with Crippen LogP contribution >= 0.6 is 11.8 Å². The fourth-order valence-electron chi connectivity index (χ4n) is 1.89. The van der Waals surface area contributed by atoms with Crippen LogP contribution in [0, 0.1) is 0 Å². The molecule has 0 amide bonds. The first-order valence-electron chi connectivity index (χ1n) is 6.17. The van der Waals surface area contributed by atoms with E-state index in [0.717, 1.165) is 17.4 Å². The minimum absolute atomic E-state index is 0.375. The molecule has 2 heterocycles. The number of pyridine rings is 1. The highest BCUT2D eigenvalue weighted by Crippen LogP contribution is 2.24. The molecule has 0 aliphatic carbocycles. The van der Waals surface area contributed by atoms with E-state index in [1.165, 1.54) is 18.4 Å². The predicted molar refractivity (Wildman–Crippen MR) is 71.4 cm³/mol. The highest BCUT2D eigenvalue weighted by Gasteiger charge is 2.16. The third-order valence-corrected chi connectivity index (χ3v) is 4.19. The quantitative estimate of drug-likeness (QED) is 0.817. The van der Waals surface area contributed by atoms with E-state index in [9.17, 15) is 0 Å². The molecule has 0 aromatic carbocycles. The van der Waals surface area contributed by atoms with Crippen LogP contribution in [0.15, 0.2) is 23.4 Å². The maximum absolute atomic E-state index is 5.61. The van der Waals surface area contributed by atoms with Crippen molar-refractivity contribution < 1.29 is 4.74 Å². The van der Waals surface area contributed by atoms with Crippen molar-refractivity contribution in [2.24, 2.45) is 0 Å². The van der Waals surface area contributed by atoms with Gasteiger partial charge in [-0.2, -0.15) is 0 Å². The van der Waals surface area contributed by atoms with Gasteiger partial charge in [-0.15, -0.1) is 11.8 Å². The molecule has 1 fully saturated rings. The van der Waals surface area contributed by atoms with E-state index < -0.39 is 0 Å². The van der Waals surface area contributed by atoms with E-state index in [4.69, 9.17) is 4.74 Å². The first-order valence-corrected chi connectivity index (χ1v) is 7.16. The number of ether oxygens (including phenoxy) is 1. The minimum atomic E-state index is 0.375. The molecule has 94 valence electrons. The molecule has 17 heavy (non-hydrogen) atoms. The average Bonchev–Trinajstić information content (AvgIpc) is 2.89. The van der Waals surface area contributed by atoms with Crippen LogP contribution in [-0.4, -0.2) is 30.5 Å². The van der Waals surface area contributed by atoms with Crippen LogP contribution in [0.1, 0.15) is 31.4 Å². The normalized spacial score (nSPS) is 21.6. The van der Waals surface area contributed by atoms with Crippen LogP contribution < -0.4 is 5.32 Å². The van der Waals surface area contributed by atoms with Gasteiger partial charge in [-0.1, -0.05) is 0 Å². The number of hydrogen-bond donors (Lipinski definition) is 1. The van der Waals surface area contributed by atoms with Crippen molar-refractivity contribution in [1.82, 2.24) is 10.3 Å². The van der Waals surface area contributed by atoms with Crippen molar-refractivity contribution in [3.05, 3.63) is 23.9 Å². The van der Waals surface area contributed by atoms with E-state index in [-0.39, 0.29) is 0 Å². The Balaban J connectivity index is 1.91.